The van der Waals surface area contributed by atoms with Crippen molar-refractivity contribution in [3.05, 3.63) is 35.4 Å². The Morgan fingerprint density at radius 1 is 0.783 bits per heavy atom. The van der Waals surface area contributed by atoms with Gasteiger partial charge < -0.3 is 29.5 Å². The molecule has 0 aliphatic rings. The molecule has 2 aromatic rings. The Labute approximate surface area is 133 Å². The summed E-state index contributed by atoms with van der Waals surface area (Å²) >= 11 is 0. The van der Waals surface area contributed by atoms with Crippen molar-refractivity contribution in [2.24, 2.45) is 0 Å². The number of methoxy groups -OCH3 is 3. The molecule has 6 nitrogen and oxygen atoms in total. The molecule has 0 spiro atoms. The molecule has 122 valence electrons. The normalized spacial score (nSPS) is 10.7. The molecule has 6 heteroatoms. The first-order valence-corrected chi connectivity index (χ1v) is 6.73. The number of ether oxygens (including phenoxy) is 3. The molecule has 2 aromatic carbocycles. The molecule has 0 saturated heterocycles. The van der Waals surface area contributed by atoms with Gasteiger partial charge in [0.1, 0.15) is 0 Å². The SMILES string of the molecule is COc1cc(C=Cc2ccc(O)c(O)c2O)cc(OC)c1OC. The fourth-order valence-corrected chi connectivity index (χ4v) is 2.10. The molecule has 0 atom stereocenters. The third-order valence-electron chi connectivity index (χ3n) is 3.30. The van der Waals surface area contributed by atoms with Crippen LogP contribution in [0.15, 0.2) is 24.3 Å². The van der Waals surface area contributed by atoms with Gasteiger partial charge in [-0.25, -0.2) is 0 Å². The third-order valence-corrected chi connectivity index (χ3v) is 3.30. The van der Waals surface area contributed by atoms with Gasteiger partial charge in [-0.3, -0.25) is 0 Å². The first-order valence-electron chi connectivity index (χ1n) is 6.73. The van der Waals surface area contributed by atoms with Crippen LogP contribution in [0.2, 0.25) is 0 Å². The predicted octanol–water partition coefficient (Wildman–Crippen LogP) is 3.00. The highest BCUT2D eigenvalue weighted by atomic mass is 16.5. The van der Waals surface area contributed by atoms with E-state index in [0.717, 1.165) is 5.56 Å². The van der Waals surface area contributed by atoms with E-state index in [9.17, 15) is 15.3 Å². The second-order valence-corrected chi connectivity index (χ2v) is 4.66. The van der Waals surface area contributed by atoms with Crippen LogP contribution >= 0.6 is 0 Å². The van der Waals surface area contributed by atoms with Crippen molar-refractivity contribution in [1.82, 2.24) is 0 Å². The van der Waals surface area contributed by atoms with Crippen LogP contribution in [0.1, 0.15) is 11.1 Å². The molecule has 2 rings (SSSR count). The summed E-state index contributed by atoms with van der Waals surface area (Å²) in [4.78, 5) is 0. The molecular formula is C17H18O6. The highest BCUT2D eigenvalue weighted by molar-refractivity contribution is 5.76. The highest BCUT2D eigenvalue weighted by Gasteiger charge is 2.12. The molecular weight excluding hydrogens is 300 g/mol. The van der Waals surface area contributed by atoms with E-state index in [1.807, 2.05) is 0 Å². The lowest BCUT2D eigenvalue weighted by Gasteiger charge is -2.12. The summed E-state index contributed by atoms with van der Waals surface area (Å²) in [5, 5.41) is 28.7. The van der Waals surface area contributed by atoms with Gasteiger partial charge in [-0.1, -0.05) is 12.2 Å². The van der Waals surface area contributed by atoms with E-state index in [4.69, 9.17) is 14.2 Å². The van der Waals surface area contributed by atoms with Crippen molar-refractivity contribution in [2.45, 2.75) is 0 Å². The van der Waals surface area contributed by atoms with Gasteiger partial charge >= 0.3 is 0 Å². The molecule has 0 fully saturated rings. The second kappa shape index (κ2) is 6.83. The van der Waals surface area contributed by atoms with Gasteiger partial charge in [0, 0.05) is 5.56 Å². The molecule has 0 amide bonds. The van der Waals surface area contributed by atoms with Gasteiger partial charge in [-0.2, -0.15) is 0 Å². The van der Waals surface area contributed by atoms with Crippen molar-refractivity contribution in [3.8, 4) is 34.5 Å². The summed E-state index contributed by atoms with van der Waals surface area (Å²) in [5.74, 6) is 0.156. The van der Waals surface area contributed by atoms with Gasteiger partial charge in [-0.05, 0) is 29.8 Å². The number of benzene rings is 2. The summed E-state index contributed by atoms with van der Waals surface area (Å²) < 4.78 is 15.8. The maximum Gasteiger partial charge on any atom is 0.203 e. The van der Waals surface area contributed by atoms with E-state index in [1.165, 1.54) is 33.5 Å². The Kier molecular flexibility index (Phi) is 4.85. The first kappa shape index (κ1) is 16.4. The molecule has 0 radical (unpaired) electrons. The number of hydrogen-bond acceptors (Lipinski definition) is 6. The summed E-state index contributed by atoms with van der Waals surface area (Å²) in [7, 11) is 4.57. The largest absolute Gasteiger partial charge is 0.504 e. The lowest BCUT2D eigenvalue weighted by molar-refractivity contribution is 0.324. The van der Waals surface area contributed by atoms with Crippen LogP contribution in [-0.4, -0.2) is 36.6 Å². The molecule has 0 aromatic heterocycles. The van der Waals surface area contributed by atoms with E-state index < -0.39 is 11.5 Å². The van der Waals surface area contributed by atoms with E-state index in [-0.39, 0.29) is 5.75 Å². The second-order valence-electron chi connectivity index (χ2n) is 4.66. The van der Waals surface area contributed by atoms with E-state index in [1.54, 1.807) is 24.3 Å². The zero-order valence-electron chi connectivity index (χ0n) is 13.0. The Morgan fingerprint density at radius 2 is 1.39 bits per heavy atom. The Balaban J connectivity index is 2.42. The number of aromatic hydroxyl groups is 3. The fraction of sp³-hybridized carbons (Fsp3) is 0.176. The maximum absolute atomic E-state index is 9.81. The summed E-state index contributed by atoms with van der Waals surface area (Å²) in [6.07, 6.45) is 3.30. The number of hydrogen-bond donors (Lipinski definition) is 3. The van der Waals surface area contributed by atoms with Crippen LogP contribution in [-0.2, 0) is 0 Å². The minimum absolute atomic E-state index is 0.356. The van der Waals surface area contributed by atoms with Gasteiger partial charge in [0.05, 0.1) is 21.3 Å². The molecule has 0 unspecified atom stereocenters. The van der Waals surface area contributed by atoms with Gasteiger partial charge in [0.15, 0.2) is 23.0 Å². The minimum atomic E-state index is -0.558. The standard InChI is InChI=1S/C17H18O6/c1-21-13-8-10(9-14(22-2)17(13)23-3)4-5-11-6-7-12(18)16(20)15(11)19/h4-9,18-20H,1-3H3. The summed E-state index contributed by atoms with van der Waals surface area (Å²) in [6, 6.07) is 6.27. The predicted molar refractivity (Wildman–Crippen MR) is 86.5 cm³/mol. The quantitative estimate of drug-likeness (QED) is 0.580. The van der Waals surface area contributed by atoms with Crippen molar-refractivity contribution in [1.29, 1.82) is 0 Å². The molecule has 23 heavy (non-hydrogen) atoms. The highest BCUT2D eigenvalue weighted by Crippen LogP contribution is 2.40. The Bertz CT molecular complexity index is 711. The Morgan fingerprint density at radius 3 is 1.91 bits per heavy atom. The van der Waals surface area contributed by atoms with Crippen LogP contribution in [0, 0.1) is 0 Å². The molecule has 0 saturated carbocycles. The van der Waals surface area contributed by atoms with E-state index >= 15 is 0 Å². The molecule has 0 bridgehead atoms. The number of phenols is 3. The minimum Gasteiger partial charge on any atom is -0.504 e. The first-order chi connectivity index (χ1) is 11.0. The van der Waals surface area contributed by atoms with E-state index in [2.05, 4.69) is 0 Å². The third kappa shape index (κ3) is 3.26. The van der Waals surface area contributed by atoms with Crippen LogP contribution in [0.25, 0.3) is 12.2 Å². The number of rotatable bonds is 5. The lowest BCUT2D eigenvalue weighted by Crippen LogP contribution is -1.95. The molecule has 0 aliphatic carbocycles. The molecule has 0 aliphatic heterocycles. The van der Waals surface area contributed by atoms with Crippen molar-refractivity contribution in [3.63, 3.8) is 0 Å². The monoisotopic (exact) mass is 318 g/mol. The van der Waals surface area contributed by atoms with Crippen LogP contribution in [0.4, 0.5) is 0 Å². The lowest BCUT2D eigenvalue weighted by atomic mass is 10.1. The smallest absolute Gasteiger partial charge is 0.203 e. The van der Waals surface area contributed by atoms with Gasteiger partial charge in [0.2, 0.25) is 11.5 Å². The molecule has 3 N–H and O–H groups in total. The summed E-state index contributed by atoms with van der Waals surface area (Å²) in [6.45, 7) is 0. The van der Waals surface area contributed by atoms with Crippen molar-refractivity contribution in [2.75, 3.05) is 21.3 Å². The Hall–Kier alpha value is -3.02. The van der Waals surface area contributed by atoms with Crippen LogP contribution in [0.5, 0.6) is 34.5 Å². The number of phenolic OH excluding ortho intramolecular Hbond substituents is 3. The average Bonchev–Trinajstić information content (AvgIpc) is 2.57. The summed E-state index contributed by atoms with van der Waals surface area (Å²) in [5.41, 5.74) is 1.10. The fourth-order valence-electron chi connectivity index (χ4n) is 2.10. The van der Waals surface area contributed by atoms with Crippen molar-refractivity contribution >= 4 is 12.2 Å². The zero-order valence-corrected chi connectivity index (χ0v) is 13.0. The topological polar surface area (TPSA) is 88.4 Å². The van der Waals surface area contributed by atoms with Gasteiger partial charge in [-0.15, -0.1) is 0 Å². The van der Waals surface area contributed by atoms with Crippen LogP contribution < -0.4 is 14.2 Å². The average molecular weight is 318 g/mol. The maximum atomic E-state index is 9.81. The van der Waals surface area contributed by atoms with Crippen LogP contribution in [0.3, 0.4) is 0 Å². The zero-order chi connectivity index (χ0) is 17.0. The van der Waals surface area contributed by atoms with E-state index in [0.29, 0.717) is 22.8 Å². The molecule has 0 heterocycles. The van der Waals surface area contributed by atoms with Crippen molar-refractivity contribution < 1.29 is 29.5 Å². The van der Waals surface area contributed by atoms with Gasteiger partial charge in [0.25, 0.3) is 0 Å².